The van der Waals surface area contributed by atoms with Crippen molar-refractivity contribution in [3.63, 3.8) is 0 Å². The average molecular weight is 192 g/mol. The summed E-state index contributed by atoms with van der Waals surface area (Å²) in [6, 6.07) is 0. The van der Waals surface area contributed by atoms with Crippen LogP contribution in [0.2, 0.25) is 0 Å². The molecule has 0 aliphatic heterocycles. The Morgan fingerprint density at radius 1 is 1.50 bits per heavy atom. The lowest BCUT2D eigenvalue weighted by atomic mass is 10.4. The number of nitrogen functional groups attached to an aromatic ring is 1. The van der Waals surface area contributed by atoms with Gasteiger partial charge in [0.25, 0.3) is 0 Å². The second kappa shape index (κ2) is 2.95. The maximum atomic E-state index is 11.0. The van der Waals surface area contributed by atoms with Gasteiger partial charge in [-0.3, -0.25) is 4.98 Å². The normalized spacial score (nSPS) is 10.4. The molecule has 0 atom stereocenters. The SMILES string of the molecule is Cn1cnc(-c2nc(N)nc(=O)[nH]2)c1. The molecular weight excluding hydrogens is 184 g/mol. The molecule has 7 heteroatoms. The van der Waals surface area contributed by atoms with Crippen LogP contribution < -0.4 is 11.4 Å². The third-order valence-corrected chi connectivity index (χ3v) is 1.62. The monoisotopic (exact) mass is 192 g/mol. The van der Waals surface area contributed by atoms with Crippen molar-refractivity contribution in [3.8, 4) is 11.5 Å². The van der Waals surface area contributed by atoms with E-state index >= 15 is 0 Å². The zero-order valence-electron chi connectivity index (χ0n) is 7.43. The van der Waals surface area contributed by atoms with E-state index in [9.17, 15) is 4.79 Å². The molecule has 0 bridgehead atoms. The minimum absolute atomic E-state index is 0.0607. The van der Waals surface area contributed by atoms with Gasteiger partial charge in [-0.1, -0.05) is 0 Å². The first-order chi connectivity index (χ1) is 6.65. The quantitative estimate of drug-likeness (QED) is 0.612. The Balaban J connectivity index is 2.56. The van der Waals surface area contributed by atoms with Crippen LogP contribution in [0.5, 0.6) is 0 Å². The van der Waals surface area contributed by atoms with Crippen LogP contribution in [0.4, 0.5) is 5.95 Å². The number of imidazole rings is 1. The van der Waals surface area contributed by atoms with Crippen molar-refractivity contribution in [2.75, 3.05) is 5.73 Å². The maximum Gasteiger partial charge on any atom is 0.349 e. The van der Waals surface area contributed by atoms with Crippen LogP contribution >= 0.6 is 0 Å². The number of anilines is 1. The highest BCUT2D eigenvalue weighted by molar-refractivity contribution is 5.48. The fourth-order valence-electron chi connectivity index (χ4n) is 1.06. The predicted molar refractivity (Wildman–Crippen MR) is 49.3 cm³/mol. The van der Waals surface area contributed by atoms with E-state index < -0.39 is 5.69 Å². The van der Waals surface area contributed by atoms with Crippen molar-refractivity contribution in [1.82, 2.24) is 24.5 Å². The van der Waals surface area contributed by atoms with Crippen LogP contribution in [0, 0.1) is 0 Å². The van der Waals surface area contributed by atoms with E-state index in [0.717, 1.165) is 0 Å². The molecule has 0 unspecified atom stereocenters. The standard InChI is InChI=1S/C7H8N6O/c1-13-2-4(9-3-13)5-10-6(8)12-7(14)11-5/h2-3H,1H3,(H3,8,10,11,12,14). The van der Waals surface area contributed by atoms with Gasteiger partial charge in [-0.2, -0.15) is 9.97 Å². The van der Waals surface area contributed by atoms with Gasteiger partial charge in [-0.05, 0) is 0 Å². The minimum Gasteiger partial charge on any atom is -0.368 e. The average Bonchev–Trinajstić information content (AvgIpc) is 2.50. The fraction of sp³-hybridized carbons (Fsp3) is 0.143. The molecule has 7 nitrogen and oxygen atoms in total. The molecule has 0 aliphatic rings. The molecule has 2 aromatic rings. The molecule has 0 aromatic carbocycles. The van der Waals surface area contributed by atoms with Gasteiger partial charge in [0.05, 0.1) is 6.33 Å². The number of nitrogens with one attached hydrogen (secondary N) is 1. The van der Waals surface area contributed by atoms with Crippen LogP contribution in [0.1, 0.15) is 0 Å². The number of nitrogens with two attached hydrogens (primary N) is 1. The lowest BCUT2D eigenvalue weighted by molar-refractivity contribution is 0.913. The largest absolute Gasteiger partial charge is 0.368 e. The summed E-state index contributed by atoms with van der Waals surface area (Å²) in [6.07, 6.45) is 3.32. The number of rotatable bonds is 1. The molecule has 2 heterocycles. The Hall–Kier alpha value is -2.18. The van der Waals surface area contributed by atoms with Crippen LogP contribution in [0.25, 0.3) is 11.5 Å². The number of hydrogen-bond acceptors (Lipinski definition) is 5. The van der Waals surface area contributed by atoms with Crippen molar-refractivity contribution in [1.29, 1.82) is 0 Å². The summed E-state index contributed by atoms with van der Waals surface area (Å²) in [5.74, 6) is 0.262. The molecule has 2 rings (SSSR count). The van der Waals surface area contributed by atoms with Crippen molar-refractivity contribution in [3.05, 3.63) is 23.0 Å². The highest BCUT2D eigenvalue weighted by atomic mass is 16.1. The topological polar surface area (TPSA) is 102 Å². The number of aromatic amines is 1. The lowest BCUT2D eigenvalue weighted by Gasteiger charge is -1.95. The molecule has 2 aromatic heterocycles. The first-order valence-electron chi connectivity index (χ1n) is 3.87. The second-order valence-electron chi connectivity index (χ2n) is 2.78. The van der Waals surface area contributed by atoms with Gasteiger partial charge in [0.15, 0.2) is 5.82 Å². The molecule has 0 saturated heterocycles. The molecule has 0 saturated carbocycles. The molecule has 0 aliphatic carbocycles. The van der Waals surface area contributed by atoms with Crippen molar-refractivity contribution >= 4 is 5.95 Å². The van der Waals surface area contributed by atoms with Gasteiger partial charge in [0, 0.05) is 13.2 Å². The summed E-state index contributed by atoms with van der Waals surface area (Å²) in [7, 11) is 1.82. The molecule has 0 fully saturated rings. The Kier molecular flexibility index (Phi) is 1.77. The zero-order chi connectivity index (χ0) is 10.1. The summed E-state index contributed by atoms with van der Waals surface area (Å²) >= 11 is 0. The molecule has 0 spiro atoms. The van der Waals surface area contributed by atoms with Crippen LogP contribution in [-0.4, -0.2) is 24.5 Å². The van der Waals surface area contributed by atoms with E-state index in [4.69, 9.17) is 5.73 Å². The van der Waals surface area contributed by atoms with Gasteiger partial charge in [-0.15, -0.1) is 0 Å². The van der Waals surface area contributed by atoms with Gasteiger partial charge in [0.1, 0.15) is 5.69 Å². The fourth-order valence-corrected chi connectivity index (χ4v) is 1.06. The van der Waals surface area contributed by atoms with Gasteiger partial charge >= 0.3 is 5.69 Å². The highest BCUT2D eigenvalue weighted by Crippen LogP contribution is 2.08. The van der Waals surface area contributed by atoms with Crippen molar-refractivity contribution < 1.29 is 0 Å². The van der Waals surface area contributed by atoms with Crippen molar-refractivity contribution in [2.45, 2.75) is 0 Å². The first-order valence-corrected chi connectivity index (χ1v) is 3.87. The lowest BCUT2D eigenvalue weighted by Crippen LogP contribution is -2.15. The molecule has 14 heavy (non-hydrogen) atoms. The second-order valence-corrected chi connectivity index (χ2v) is 2.78. The summed E-state index contributed by atoms with van der Waals surface area (Å²) in [5.41, 5.74) is 5.35. The Bertz CT molecular complexity index is 513. The maximum absolute atomic E-state index is 11.0. The number of aryl methyl sites for hydroxylation is 1. The summed E-state index contributed by atoms with van der Waals surface area (Å²) < 4.78 is 1.74. The molecular formula is C7H8N6O. The van der Waals surface area contributed by atoms with Crippen LogP contribution in [0.3, 0.4) is 0 Å². The zero-order valence-corrected chi connectivity index (χ0v) is 7.43. The Morgan fingerprint density at radius 3 is 2.86 bits per heavy atom. The van der Waals surface area contributed by atoms with Gasteiger partial charge in [-0.25, -0.2) is 9.78 Å². The number of aromatic nitrogens is 5. The third kappa shape index (κ3) is 1.47. The molecule has 0 amide bonds. The van der Waals surface area contributed by atoms with E-state index in [2.05, 4.69) is 19.9 Å². The summed E-state index contributed by atoms with van der Waals surface area (Å²) in [4.78, 5) is 24.7. The number of nitrogens with zero attached hydrogens (tertiary/aromatic N) is 4. The van der Waals surface area contributed by atoms with E-state index in [1.54, 1.807) is 17.1 Å². The summed E-state index contributed by atoms with van der Waals surface area (Å²) in [6.45, 7) is 0. The third-order valence-electron chi connectivity index (χ3n) is 1.62. The van der Waals surface area contributed by atoms with E-state index in [1.807, 2.05) is 7.05 Å². The molecule has 0 radical (unpaired) electrons. The Morgan fingerprint density at radius 2 is 2.29 bits per heavy atom. The first kappa shape index (κ1) is 8.42. The van der Waals surface area contributed by atoms with Crippen LogP contribution in [0.15, 0.2) is 17.3 Å². The molecule has 72 valence electrons. The van der Waals surface area contributed by atoms with E-state index in [1.165, 1.54) is 0 Å². The number of H-pyrrole nitrogens is 1. The predicted octanol–water partition coefficient (Wildman–Crippen LogP) is -0.852. The summed E-state index contributed by atoms with van der Waals surface area (Å²) in [5, 5.41) is 0. The minimum atomic E-state index is -0.529. The smallest absolute Gasteiger partial charge is 0.349 e. The van der Waals surface area contributed by atoms with Crippen LogP contribution in [-0.2, 0) is 7.05 Å². The van der Waals surface area contributed by atoms with Crippen molar-refractivity contribution in [2.24, 2.45) is 7.05 Å². The van der Waals surface area contributed by atoms with E-state index in [0.29, 0.717) is 11.5 Å². The number of hydrogen-bond donors (Lipinski definition) is 2. The molecule has 3 N–H and O–H groups in total. The van der Waals surface area contributed by atoms with Gasteiger partial charge in [0.2, 0.25) is 5.95 Å². The van der Waals surface area contributed by atoms with E-state index in [-0.39, 0.29) is 5.95 Å². The highest BCUT2D eigenvalue weighted by Gasteiger charge is 2.05. The van der Waals surface area contributed by atoms with Gasteiger partial charge < -0.3 is 10.3 Å². The Labute approximate surface area is 78.7 Å².